The zero-order valence-electron chi connectivity index (χ0n) is 13.8. The number of rotatable bonds is 4. The number of carbonyl (C=O) groups is 1. The quantitative estimate of drug-likeness (QED) is 0.734. The fraction of sp³-hybridized carbons (Fsp3) is 0.105. The zero-order chi connectivity index (χ0) is 18.7. The summed E-state index contributed by atoms with van der Waals surface area (Å²) in [4.78, 5) is 24.5. The van der Waals surface area contributed by atoms with Crippen LogP contribution >= 0.6 is 23.2 Å². The Morgan fingerprint density at radius 1 is 1.08 bits per heavy atom. The predicted octanol–water partition coefficient (Wildman–Crippen LogP) is 4.03. The van der Waals surface area contributed by atoms with Crippen LogP contribution in [0.4, 0.5) is 0 Å². The third kappa shape index (κ3) is 3.79. The third-order valence-electron chi connectivity index (χ3n) is 3.90. The number of amides is 1. The van der Waals surface area contributed by atoms with Crippen molar-refractivity contribution in [2.24, 2.45) is 0 Å². The molecule has 7 heteroatoms. The molecule has 1 atom stereocenters. The molecule has 1 amide bonds. The average Bonchev–Trinajstić information content (AvgIpc) is 2.67. The van der Waals surface area contributed by atoms with Gasteiger partial charge in [-0.2, -0.15) is 9.78 Å². The Hall–Kier alpha value is -2.63. The minimum atomic E-state index is -0.519. The molecule has 0 fully saturated rings. The molecular weight excluding hydrogens is 373 g/mol. The lowest BCUT2D eigenvalue weighted by Crippen LogP contribution is -2.26. The fourth-order valence-electron chi connectivity index (χ4n) is 2.46. The number of nitrogens with one attached hydrogen (secondary N) is 1. The number of hydrogen-bond acceptors (Lipinski definition) is 3. The van der Waals surface area contributed by atoms with E-state index in [0.29, 0.717) is 11.3 Å². The molecule has 26 heavy (non-hydrogen) atoms. The Labute approximate surface area is 160 Å². The lowest BCUT2D eigenvalue weighted by atomic mass is 10.1. The molecule has 1 heterocycles. The van der Waals surface area contributed by atoms with Gasteiger partial charge in [0.25, 0.3) is 11.5 Å². The van der Waals surface area contributed by atoms with E-state index in [-0.39, 0.29) is 22.0 Å². The molecule has 132 valence electrons. The smallest absolute Gasteiger partial charge is 0.291 e. The second kappa shape index (κ2) is 7.72. The van der Waals surface area contributed by atoms with Crippen LogP contribution in [-0.2, 0) is 0 Å². The van der Waals surface area contributed by atoms with Crippen molar-refractivity contribution in [2.75, 3.05) is 0 Å². The zero-order valence-corrected chi connectivity index (χ0v) is 15.3. The topological polar surface area (TPSA) is 64.0 Å². The maximum Gasteiger partial charge on any atom is 0.291 e. The van der Waals surface area contributed by atoms with Crippen LogP contribution in [0.2, 0.25) is 10.0 Å². The summed E-state index contributed by atoms with van der Waals surface area (Å²) in [6.45, 7) is 1.92. The molecule has 2 aromatic carbocycles. The van der Waals surface area contributed by atoms with Gasteiger partial charge in [0, 0.05) is 5.56 Å². The van der Waals surface area contributed by atoms with Crippen molar-refractivity contribution in [3.63, 3.8) is 0 Å². The summed E-state index contributed by atoms with van der Waals surface area (Å²) < 4.78 is 1.13. The predicted molar refractivity (Wildman–Crippen MR) is 102 cm³/mol. The summed E-state index contributed by atoms with van der Waals surface area (Å²) in [5.74, 6) is -0.206. The van der Waals surface area contributed by atoms with Crippen molar-refractivity contribution < 1.29 is 4.79 Å². The fourth-order valence-corrected chi connectivity index (χ4v) is 2.71. The summed E-state index contributed by atoms with van der Waals surface area (Å²) >= 11 is 11.6. The van der Waals surface area contributed by atoms with Gasteiger partial charge in [-0.3, -0.25) is 9.59 Å². The SMILES string of the molecule is C[C@@H](NC(=O)c1ccc(-n2ncc(Cl)c(Cl)c2=O)cc1)c1ccccc1. The van der Waals surface area contributed by atoms with Crippen molar-refractivity contribution in [1.82, 2.24) is 15.1 Å². The van der Waals surface area contributed by atoms with E-state index in [1.807, 2.05) is 37.3 Å². The molecule has 0 aliphatic carbocycles. The Balaban J connectivity index is 1.78. The Bertz CT molecular complexity index is 986. The standard InChI is InChI=1S/C19H15Cl2N3O2/c1-12(13-5-3-2-4-6-13)23-18(25)14-7-9-15(10-8-14)24-19(26)17(21)16(20)11-22-24/h2-12H,1H3,(H,23,25)/t12-/m1/s1. The van der Waals surface area contributed by atoms with Crippen molar-refractivity contribution in [1.29, 1.82) is 0 Å². The lowest BCUT2D eigenvalue weighted by Gasteiger charge is -2.14. The van der Waals surface area contributed by atoms with E-state index >= 15 is 0 Å². The molecule has 0 saturated heterocycles. The van der Waals surface area contributed by atoms with Gasteiger partial charge in [0.15, 0.2) is 0 Å². The van der Waals surface area contributed by atoms with Crippen LogP contribution in [0.15, 0.2) is 65.6 Å². The molecule has 3 rings (SSSR count). The van der Waals surface area contributed by atoms with Gasteiger partial charge in [-0.1, -0.05) is 53.5 Å². The third-order valence-corrected chi connectivity index (χ3v) is 4.65. The second-order valence-corrected chi connectivity index (χ2v) is 6.46. The summed E-state index contributed by atoms with van der Waals surface area (Å²) in [5, 5.41) is 6.90. The van der Waals surface area contributed by atoms with Crippen LogP contribution in [0.3, 0.4) is 0 Å². The molecule has 0 spiro atoms. The Kier molecular flexibility index (Phi) is 5.40. The molecule has 0 bridgehead atoms. The van der Waals surface area contributed by atoms with Gasteiger partial charge in [0.2, 0.25) is 0 Å². The normalized spacial score (nSPS) is 11.8. The number of benzene rings is 2. The minimum absolute atomic E-state index is 0.0961. The second-order valence-electron chi connectivity index (χ2n) is 5.68. The lowest BCUT2D eigenvalue weighted by molar-refractivity contribution is 0.0940. The van der Waals surface area contributed by atoms with Gasteiger partial charge in [0.05, 0.1) is 22.9 Å². The van der Waals surface area contributed by atoms with E-state index in [0.717, 1.165) is 10.2 Å². The van der Waals surface area contributed by atoms with Gasteiger partial charge in [-0.05, 0) is 36.8 Å². The highest BCUT2D eigenvalue weighted by Crippen LogP contribution is 2.17. The van der Waals surface area contributed by atoms with Crippen molar-refractivity contribution in [2.45, 2.75) is 13.0 Å². The molecule has 1 N–H and O–H groups in total. The molecule has 3 aromatic rings. The van der Waals surface area contributed by atoms with Crippen LogP contribution in [0.5, 0.6) is 0 Å². The first-order valence-electron chi connectivity index (χ1n) is 7.87. The van der Waals surface area contributed by atoms with Crippen LogP contribution in [0, 0.1) is 0 Å². The van der Waals surface area contributed by atoms with E-state index in [9.17, 15) is 9.59 Å². The van der Waals surface area contributed by atoms with E-state index in [1.165, 1.54) is 6.20 Å². The van der Waals surface area contributed by atoms with E-state index in [4.69, 9.17) is 23.2 Å². The van der Waals surface area contributed by atoms with Gasteiger partial charge in [0.1, 0.15) is 5.02 Å². The summed E-state index contributed by atoms with van der Waals surface area (Å²) in [6.07, 6.45) is 1.30. The summed E-state index contributed by atoms with van der Waals surface area (Å²) in [6, 6.07) is 16.1. The minimum Gasteiger partial charge on any atom is -0.346 e. The van der Waals surface area contributed by atoms with E-state index in [1.54, 1.807) is 24.3 Å². The summed E-state index contributed by atoms with van der Waals surface area (Å²) in [7, 11) is 0. The molecule has 0 saturated carbocycles. The van der Waals surface area contributed by atoms with E-state index < -0.39 is 5.56 Å². The first-order chi connectivity index (χ1) is 12.5. The van der Waals surface area contributed by atoms with Gasteiger partial charge < -0.3 is 5.32 Å². The number of nitrogens with zero attached hydrogens (tertiary/aromatic N) is 2. The van der Waals surface area contributed by atoms with Crippen molar-refractivity contribution in [3.8, 4) is 5.69 Å². The largest absolute Gasteiger partial charge is 0.346 e. The average molecular weight is 388 g/mol. The van der Waals surface area contributed by atoms with Crippen LogP contribution in [0.1, 0.15) is 28.9 Å². The highest BCUT2D eigenvalue weighted by molar-refractivity contribution is 6.41. The highest BCUT2D eigenvalue weighted by Gasteiger charge is 2.13. The Morgan fingerprint density at radius 3 is 2.38 bits per heavy atom. The van der Waals surface area contributed by atoms with Crippen LogP contribution < -0.4 is 10.9 Å². The maximum atomic E-state index is 12.4. The first kappa shape index (κ1) is 18.2. The molecule has 0 radical (unpaired) electrons. The Morgan fingerprint density at radius 2 is 1.73 bits per heavy atom. The van der Waals surface area contributed by atoms with Gasteiger partial charge in [-0.25, -0.2) is 0 Å². The molecule has 1 aromatic heterocycles. The number of aromatic nitrogens is 2. The molecule has 0 aliphatic heterocycles. The molecular formula is C19H15Cl2N3O2. The van der Waals surface area contributed by atoms with Crippen LogP contribution in [-0.4, -0.2) is 15.7 Å². The highest BCUT2D eigenvalue weighted by atomic mass is 35.5. The van der Waals surface area contributed by atoms with Gasteiger partial charge >= 0.3 is 0 Å². The molecule has 5 nitrogen and oxygen atoms in total. The molecule has 0 unspecified atom stereocenters. The monoisotopic (exact) mass is 387 g/mol. The number of halogens is 2. The maximum absolute atomic E-state index is 12.4. The number of carbonyl (C=O) groups excluding carboxylic acids is 1. The van der Waals surface area contributed by atoms with Crippen molar-refractivity contribution in [3.05, 3.63) is 92.3 Å². The number of hydrogen-bond donors (Lipinski definition) is 1. The van der Waals surface area contributed by atoms with Crippen LogP contribution in [0.25, 0.3) is 5.69 Å². The van der Waals surface area contributed by atoms with E-state index in [2.05, 4.69) is 10.4 Å². The van der Waals surface area contributed by atoms with Gasteiger partial charge in [-0.15, -0.1) is 0 Å². The summed E-state index contributed by atoms with van der Waals surface area (Å²) in [5.41, 5.74) is 1.46. The van der Waals surface area contributed by atoms with Crippen molar-refractivity contribution >= 4 is 29.1 Å². The molecule has 0 aliphatic rings. The first-order valence-corrected chi connectivity index (χ1v) is 8.62.